The van der Waals surface area contributed by atoms with Gasteiger partial charge in [0.2, 0.25) is 17.2 Å². The molecule has 2 aromatic carbocycles. The minimum absolute atomic E-state index is 0.210. The quantitative estimate of drug-likeness (QED) is 0.293. The number of phenolic OH excluding ortho intramolecular Hbond substituents is 6. The van der Waals surface area contributed by atoms with Gasteiger partial charge in [0, 0.05) is 6.07 Å². The number of hydrogen-bond acceptors (Lipinski definition) is 8. The van der Waals surface area contributed by atoms with Crippen molar-refractivity contribution in [3.63, 3.8) is 0 Å². The van der Waals surface area contributed by atoms with Crippen LogP contribution in [0.5, 0.6) is 34.5 Å². The molecule has 0 aliphatic heterocycles. The van der Waals surface area contributed by atoms with Crippen LogP contribution in [0.25, 0.3) is 22.3 Å². The van der Waals surface area contributed by atoms with Gasteiger partial charge < -0.3 is 35.1 Å². The fourth-order valence-electron chi connectivity index (χ4n) is 2.24. The van der Waals surface area contributed by atoms with E-state index in [0.29, 0.717) is 0 Å². The highest BCUT2D eigenvalue weighted by atomic mass is 16.4. The Bertz CT molecular complexity index is 983. The number of phenols is 6. The van der Waals surface area contributed by atoms with Crippen LogP contribution in [0.15, 0.2) is 33.5 Å². The Hall–Kier alpha value is -3.55. The summed E-state index contributed by atoms with van der Waals surface area (Å²) in [7, 11) is 0. The standard InChI is InChI=1S/C15H10O8/c16-5-2-1-3-6(17)9(5)8-4-7(18)10-11(19)12(20)13(21)14(22)15(10)23-8/h1-4,16-17,19-22H. The molecule has 0 aliphatic carbocycles. The van der Waals surface area contributed by atoms with Gasteiger partial charge in [0.25, 0.3) is 0 Å². The van der Waals surface area contributed by atoms with Gasteiger partial charge in [0.15, 0.2) is 16.8 Å². The van der Waals surface area contributed by atoms with Gasteiger partial charge in [-0.05, 0) is 12.1 Å². The Kier molecular flexibility index (Phi) is 2.96. The van der Waals surface area contributed by atoms with Crippen LogP contribution in [0, 0.1) is 0 Å². The summed E-state index contributed by atoms with van der Waals surface area (Å²) < 4.78 is 5.24. The van der Waals surface area contributed by atoms with Crippen LogP contribution in [0.4, 0.5) is 0 Å². The largest absolute Gasteiger partial charge is 0.507 e. The van der Waals surface area contributed by atoms with Crippen molar-refractivity contribution in [1.29, 1.82) is 0 Å². The van der Waals surface area contributed by atoms with Crippen LogP contribution in [0.3, 0.4) is 0 Å². The normalized spacial score (nSPS) is 11.0. The molecule has 0 aliphatic rings. The fraction of sp³-hybridized carbons (Fsp3) is 0. The molecule has 0 amide bonds. The number of rotatable bonds is 1. The van der Waals surface area contributed by atoms with E-state index in [4.69, 9.17) is 4.42 Å². The molecule has 0 saturated heterocycles. The van der Waals surface area contributed by atoms with Crippen LogP contribution in [0.2, 0.25) is 0 Å². The highest BCUT2D eigenvalue weighted by Gasteiger charge is 2.24. The van der Waals surface area contributed by atoms with Gasteiger partial charge in [0.05, 0.1) is 0 Å². The first-order chi connectivity index (χ1) is 10.8. The number of aromatic hydroxyl groups is 6. The minimum Gasteiger partial charge on any atom is -0.507 e. The molecule has 3 rings (SSSR count). The van der Waals surface area contributed by atoms with E-state index in [9.17, 15) is 35.4 Å². The Morgan fingerprint density at radius 1 is 0.783 bits per heavy atom. The molecular formula is C15H10O8. The molecule has 6 N–H and O–H groups in total. The Morgan fingerprint density at radius 2 is 1.35 bits per heavy atom. The van der Waals surface area contributed by atoms with Crippen molar-refractivity contribution in [3.05, 3.63) is 34.5 Å². The SMILES string of the molecule is O=c1cc(-c2c(O)cccc2O)oc2c(O)c(O)c(O)c(O)c12. The lowest BCUT2D eigenvalue weighted by Gasteiger charge is -2.10. The van der Waals surface area contributed by atoms with Crippen LogP contribution < -0.4 is 5.43 Å². The third kappa shape index (κ3) is 1.96. The second kappa shape index (κ2) is 4.73. The van der Waals surface area contributed by atoms with Crippen LogP contribution >= 0.6 is 0 Å². The van der Waals surface area contributed by atoms with Crippen molar-refractivity contribution in [2.45, 2.75) is 0 Å². The molecule has 118 valence electrons. The summed E-state index contributed by atoms with van der Waals surface area (Å²) in [5, 5.41) is 57.6. The monoisotopic (exact) mass is 318 g/mol. The van der Waals surface area contributed by atoms with E-state index in [1.165, 1.54) is 18.2 Å². The molecule has 0 unspecified atom stereocenters. The topological polar surface area (TPSA) is 152 Å². The maximum absolute atomic E-state index is 12.1. The Labute approximate surface area is 127 Å². The van der Waals surface area contributed by atoms with Crippen molar-refractivity contribution in [2.75, 3.05) is 0 Å². The third-order valence-corrected chi connectivity index (χ3v) is 3.34. The van der Waals surface area contributed by atoms with Crippen LogP contribution in [-0.4, -0.2) is 30.6 Å². The predicted octanol–water partition coefficient (Wildman–Crippen LogP) is 1.69. The summed E-state index contributed by atoms with van der Waals surface area (Å²) in [6, 6.07) is 4.70. The van der Waals surface area contributed by atoms with E-state index in [1.54, 1.807) is 0 Å². The van der Waals surface area contributed by atoms with Gasteiger partial charge in [-0.2, -0.15) is 0 Å². The highest BCUT2D eigenvalue weighted by molar-refractivity contribution is 5.94. The molecule has 23 heavy (non-hydrogen) atoms. The van der Waals surface area contributed by atoms with Gasteiger partial charge >= 0.3 is 0 Å². The summed E-state index contributed by atoms with van der Waals surface area (Å²) in [5.74, 6) is -5.16. The molecule has 8 heteroatoms. The fourth-order valence-corrected chi connectivity index (χ4v) is 2.24. The number of fused-ring (bicyclic) bond motifs is 1. The van der Waals surface area contributed by atoms with Crippen molar-refractivity contribution in [1.82, 2.24) is 0 Å². The Balaban J connectivity index is 2.47. The zero-order chi connectivity index (χ0) is 16.9. The molecule has 0 spiro atoms. The Morgan fingerprint density at radius 3 is 1.96 bits per heavy atom. The molecule has 0 bridgehead atoms. The van der Waals surface area contributed by atoms with Crippen molar-refractivity contribution >= 4 is 11.0 Å². The third-order valence-electron chi connectivity index (χ3n) is 3.34. The molecule has 0 atom stereocenters. The molecule has 1 aromatic heterocycles. The first kappa shape index (κ1) is 14.4. The van der Waals surface area contributed by atoms with E-state index in [-0.39, 0.29) is 22.8 Å². The maximum atomic E-state index is 12.1. The first-order valence-electron chi connectivity index (χ1n) is 6.28. The van der Waals surface area contributed by atoms with Gasteiger partial charge in [0.1, 0.15) is 28.2 Å². The predicted molar refractivity (Wildman–Crippen MR) is 77.9 cm³/mol. The number of hydrogen-bond donors (Lipinski definition) is 6. The van der Waals surface area contributed by atoms with Crippen molar-refractivity contribution < 1.29 is 35.1 Å². The summed E-state index contributed by atoms with van der Waals surface area (Å²) in [5.41, 5.74) is -1.69. The van der Waals surface area contributed by atoms with E-state index in [2.05, 4.69) is 0 Å². The van der Waals surface area contributed by atoms with E-state index >= 15 is 0 Å². The van der Waals surface area contributed by atoms with Gasteiger partial charge in [-0.1, -0.05) is 6.07 Å². The van der Waals surface area contributed by atoms with E-state index in [1.807, 2.05) is 0 Å². The second-order valence-electron chi connectivity index (χ2n) is 4.74. The lowest BCUT2D eigenvalue weighted by molar-refractivity contribution is 0.346. The van der Waals surface area contributed by atoms with Crippen molar-refractivity contribution in [2.24, 2.45) is 0 Å². The molecule has 8 nitrogen and oxygen atoms in total. The smallest absolute Gasteiger partial charge is 0.208 e. The van der Waals surface area contributed by atoms with Gasteiger partial charge in [-0.3, -0.25) is 4.79 Å². The zero-order valence-corrected chi connectivity index (χ0v) is 11.3. The second-order valence-corrected chi connectivity index (χ2v) is 4.74. The summed E-state index contributed by atoms with van der Waals surface area (Å²) in [6.07, 6.45) is 0. The van der Waals surface area contributed by atoms with E-state index < -0.39 is 39.4 Å². The molecule has 0 radical (unpaired) electrons. The highest BCUT2D eigenvalue weighted by Crippen LogP contribution is 2.48. The maximum Gasteiger partial charge on any atom is 0.208 e. The minimum atomic E-state index is -1.07. The molecule has 3 aromatic rings. The average molecular weight is 318 g/mol. The average Bonchev–Trinajstić information content (AvgIpc) is 2.50. The lowest BCUT2D eigenvalue weighted by atomic mass is 10.1. The molecule has 0 fully saturated rings. The summed E-state index contributed by atoms with van der Waals surface area (Å²) in [6.45, 7) is 0. The lowest BCUT2D eigenvalue weighted by Crippen LogP contribution is -2.01. The number of benzene rings is 2. The van der Waals surface area contributed by atoms with Crippen molar-refractivity contribution in [3.8, 4) is 45.8 Å². The van der Waals surface area contributed by atoms with Crippen LogP contribution in [0.1, 0.15) is 0 Å². The summed E-state index contributed by atoms with van der Waals surface area (Å²) in [4.78, 5) is 12.1. The first-order valence-corrected chi connectivity index (χ1v) is 6.28. The zero-order valence-electron chi connectivity index (χ0n) is 11.3. The molecular weight excluding hydrogens is 308 g/mol. The molecule has 1 heterocycles. The molecule has 0 saturated carbocycles. The van der Waals surface area contributed by atoms with Gasteiger partial charge in [-0.25, -0.2) is 0 Å². The van der Waals surface area contributed by atoms with Gasteiger partial charge in [-0.15, -0.1) is 0 Å². The van der Waals surface area contributed by atoms with E-state index in [0.717, 1.165) is 6.07 Å². The van der Waals surface area contributed by atoms with Crippen LogP contribution in [-0.2, 0) is 0 Å². The summed E-state index contributed by atoms with van der Waals surface area (Å²) >= 11 is 0.